The van der Waals surface area contributed by atoms with Gasteiger partial charge in [-0.15, -0.1) is 10.2 Å². The molecule has 1 unspecified atom stereocenters. The minimum Gasteiger partial charge on any atom is -0.376 e. The van der Waals surface area contributed by atoms with E-state index in [0.29, 0.717) is 29.2 Å². The molecule has 2 aromatic carbocycles. The summed E-state index contributed by atoms with van der Waals surface area (Å²) in [6, 6.07) is 16.9. The number of likely N-dealkylation sites (tertiary alicyclic amines) is 1. The molecule has 0 saturated carbocycles. The second-order valence-corrected chi connectivity index (χ2v) is 10.3. The van der Waals surface area contributed by atoms with Gasteiger partial charge in [0.15, 0.2) is 11.0 Å². The third-order valence-corrected chi connectivity index (χ3v) is 7.84. The molecule has 1 amide bonds. The number of halogens is 1. The molecular formula is C27H31FN4O2S. The SMILES string of the molecule is O=C(CSc1nnc(-c2ccc(F)cc2)n1CC1CCCO1)N1CCC(Cc2ccccc2)CC1. The molecule has 35 heavy (non-hydrogen) atoms. The average molecular weight is 495 g/mol. The molecule has 2 aliphatic rings. The Morgan fingerprint density at radius 1 is 1.03 bits per heavy atom. The lowest BCUT2D eigenvalue weighted by atomic mass is 9.90. The molecule has 8 heteroatoms. The molecule has 2 saturated heterocycles. The van der Waals surface area contributed by atoms with E-state index >= 15 is 0 Å². The first-order chi connectivity index (χ1) is 17.2. The lowest BCUT2D eigenvalue weighted by molar-refractivity contribution is -0.129. The highest BCUT2D eigenvalue weighted by Gasteiger charge is 2.25. The van der Waals surface area contributed by atoms with E-state index in [1.807, 2.05) is 15.5 Å². The van der Waals surface area contributed by atoms with Crippen molar-refractivity contribution in [3.05, 3.63) is 66.0 Å². The molecular weight excluding hydrogens is 463 g/mol. The number of nitrogens with zero attached hydrogens (tertiary/aromatic N) is 4. The molecule has 184 valence electrons. The van der Waals surface area contributed by atoms with Gasteiger partial charge < -0.3 is 9.64 Å². The molecule has 3 heterocycles. The van der Waals surface area contributed by atoms with Crippen molar-refractivity contribution in [2.45, 2.75) is 49.9 Å². The van der Waals surface area contributed by atoms with Crippen molar-refractivity contribution in [2.75, 3.05) is 25.4 Å². The van der Waals surface area contributed by atoms with E-state index in [1.54, 1.807) is 12.1 Å². The Labute approximate surface area is 209 Å². The Bertz CT molecular complexity index is 1110. The Kier molecular flexibility index (Phi) is 7.79. The number of hydrogen-bond acceptors (Lipinski definition) is 5. The Balaban J connectivity index is 1.20. The Morgan fingerprint density at radius 3 is 2.51 bits per heavy atom. The summed E-state index contributed by atoms with van der Waals surface area (Å²) < 4.78 is 21.3. The van der Waals surface area contributed by atoms with E-state index in [2.05, 4.69) is 34.5 Å². The van der Waals surface area contributed by atoms with Crippen LogP contribution in [0.5, 0.6) is 0 Å². The van der Waals surface area contributed by atoms with Gasteiger partial charge in [0.2, 0.25) is 5.91 Å². The van der Waals surface area contributed by atoms with Crippen LogP contribution in [0.3, 0.4) is 0 Å². The predicted molar refractivity (Wildman–Crippen MR) is 135 cm³/mol. The largest absolute Gasteiger partial charge is 0.376 e. The maximum atomic E-state index is 13.4. The summed E-state index contributed by atoms with van der Waals surface area (Å²) in [5, 5.41) is 9.48. The van der Waals surface area contributed by atoms with Crippen molar-refractivity contribution in [3.8, 4) is 11.4 Å². The molecule has 0 radical (unpaired) electrons. The van der Waals surface area contributed by atoms with E-state index in [-0.39, 0.29) is 17.8 Å². The number of piperidine rings is 1. The van der Waals surface area contributed by atoms with Crippen LogP contribution in [0.4, 0.5) is 4.39 Å². The minimum absolute atomic E-state index is 0.101. The monoisotopic (exact) mass is 494 g/mol. The third kappa shape index (κ3) is 6.11. The van der Waals surface area contributed by atoms with Crippen molar-refractivity contribution in [1.82, 2.24) is 19.7 Å². The van der Waals surface area contributed by atoms with Gasteiger partial charge >= 0.3 is 0 Å². The van der Waals surface area contributed by atoms with Crippen LogP contribution in [0.25, 0.3) is 11.4 Å². The van der Waals surface area contributed by atoms with Crippen molar-refractivity contribution in [2.24, 2.45) is 5.92 Å². The van der Waals surface area contributed by atoms with Crippen LogP contribution in [0.15, 0.2) is 59.8 Å². The molecule has 0 bridgehead atoms. The molecule has 1 atom stereocenters. The number of thioether (sulfide) groups is 1. The number of ether oxygens (including phenoxy) is 1. The van der Waals surface area contributed by atoms with Crippen LogP contribution >= 0.6 is 11.8 Å². The zero-order valence-corrected chi connectivity index (χ0v) is 20.6. The van der Waals surface area contributed by atoms with E-state index in [1.165, 1.54) is 29.5 Å². The number of hydrogen-bond donors (Lipinski definition) is 0. The number of carbonyl (C=O) groups excluding carboxylic acids is 1. The van der Waals surface area contributed by atoms with Crippen LogP contribution in [-0.2, 0) is 22.5 Å². The second-order valence-electron chi connectivity index (χ2n) is 9.36. The Morgan fingerprint density at radius 2 is 1.80 bits per heavy atom. The summed E-state index contributed by atoms with van der Waals surface area (Å²) in [5.74, 6) is 1.49. The van der Waals surface area contributed by atoms with Gasteiger partial charge in [-0.05, 0) is 67.9 Å². The maximum absolute atomic E-state index is 13.4. The number of benzene rings is 2. The summed E-state index contributed by atoms with van der Waals surface area (Å²) in [7, 11) is 0. The molecule has 3 aromatic rings. The van der Waals surface area contributed by atoms with Gasteiger partial charge in [-0.25, -0.2) is 4.39 Å². The molecule has 0 spiro atoms. The molecule has 6 nitrogen and oxygen atoms in total. The predicted octanol–water partition coefficient (Wildman–Crippen LogP) is 4.84. The number of carbonyl (C=O) groups is 1. The summed E-state index contributed by atoms with van der Waals surface area (Å²) in [5.41, 5.74) is 2.17. The lowest BCUT2D eigenvalue weighted by Crippen LogP contribution is -2.39. The van der Waals surface area contributed by atoms with E-state index in [4.69, 9.17) is 4.74 Å². The van der Waals surface area contributed by atoms with E-state index in [0.717, 1.165) is 57.4 Å². The van der Waals surface area contributed by atoms with Gasteiger partial charge in [0.05, 0.1) is 18.4 Å². The van der Waals surface area contributed by atoms with Crippen LogP contribution < -0.4 is 0 Å². The van der Waals surface area contributed by atoms with Gasteiger partial charge in [-0.1, -0.05) is 42.1 Å². The van der Waals surface area contributed by atoms with Crippen LogP contribution in [0, 0.1) is 11.7 Å². The molecule has 2 aliphatic heterocycles. The molecule has 1 aromatic heterocycles. The van der Waals surface area contributed by atoms with Gasteiger partial charge in [-0.2, -0.15) is 0 Å². The average Bonchev–Trinajstić information content (AvgIpc) is 3.55. The van der Waals surface area contributed by atoms with Crippen molar-refractivity contribution < 1.29 is 13.9 Å². The normalized spacial score (nSPS) is 18.8. The highest BCUT2D eigenvalue weighted by Crippen LogP contribution is 2.28. The van der Waals surface area contributed by atoms with Crippen molar-refractivity contribution in [1.29, 1.82) is 0 Å². The summed E-state index contributed by atoms with van der Waals surface area (Å²) in [6.07, 6.45) is 5.28. The zero-order valence-electron chi connectivity index (χ0n) is 19.8. The molecule has 0 aliphatic carbocycles. The fourth-order valence-electron chi connectivity index (χ4n) is 4.92. The van der Waals surface area contributed by atoms with Gasteiger partial charge in [0.1, 0.15) is 5.82 Å². The number of rotatable bonds is 8. The fraction of sp³-hybridized carbons (Fsp3) is 0.444. The highest BCUT2D eigenvalue weighted by atomic mass is 32.2. The smallest absolute Gasteiger partial charge is 0.233 e. The van der Waals surface area contributed by atoms with Crippen molar-refractivity contribution >= 4 is 17.7 Å². The fourth-order valence-corrected chi connectivity index (χ4v) is 5.77. The number of aromatic nitrogens is 3. The molecule has 2 fully saturated rings. The molecule has 0 N–H and O–H groups in total. The summed E-state index contributed by atoms with van der Waals surface area (Å²) in [4.78, 5) is 15.0. The Hall–Kier alpha value is -2.71. The zero-order chi connectivity index (χ0) is 24.0. The minimum atomic E-state index is -0.285. The quantitative estimate of drug-likeness (QED) is 0.420. The van der Waals surface area contributed by atoms with Gasteiger partial charge in [0, 0.05) is 25.3 Å². The van der Waals surface area contributed by atoms with Gasteiger partial charge in [0.25, 0.3) is 0 Å². The summed E-state index contributed by atoms with van der Waals surface area (Å²) >= 11 is 1.42. The lowest BCUT2D eigenvalue weighted by Gasteiger charge is -2.32. The topological polar surface area (TPSA) is 60.3 Å². The second kappa shape index (κ2) is 11.4. The maximum Gasteiger partial charge on any atom is 0.233 e. The highest BCUT2D eigenvalue weighted by molar-refractivity contribution is 7.99. The van der Waals surface area contributed by atoms with Crippen molar-refractivity contribution in [3.63, 3.8) is 0 Å². The first-order valence-electron chi connectivity index (χ1n) is 12.4. The van der Waals surface area contributed by atoms with Crippen LogP contribution in [0.2, 0.25) is 0 Å². The number of amides is 1. The van der Waals surface area contributed by atoms with E-state index in [9.17, 15) is 9.18 Å². The van der Waals surface area contributed by atoms with Crippen LogP contribution in [-0.4, -0.2) is 57.1 Å². The van der Waals surface area contributed by atoms with E-state index < -0.39 is 0 Å². The summed E-state index contributed by atoms with van der Waals surface area (Å²) in [6.45, 7) is 3.00. The van der Waals surface area contributed by atoms with Gasteiger partial charge in [-0.3, -0.25) is 9.36 Å². The first-order valence-corrected chi connectivity index (χ1v) is 13.4. The first kappa shape index (κ1) is 24.0. The van der Waals surface area contributed by atoms with Crippen LogP contribution in [0.1, 0.15) is 31.2 Å². The standard InChI is InChI=1S/C27H31FN4O2S/c28-23-10-8-22(9-11-23)26-29-30-27(32(26)18-24-7-4-16-34-24)35-19-25(33)31-14-12-21(13-15-31)17-20-5-2-1-3-6-20/h1-3,5-6,8-11,21,24H,4,7,12-19H2. The molecule has 5 rings (SSSR count). The third-order valence-electron chi connectivity index (χ3n) is 6.89.